The Hall–Kier alpha value is -0.130. The fraction of sp³-hybridized carbons (Fsp3) is 0.846. The zero-order chi connectivity index (χ0) is 14.0. The van der Waals surface area contributed by atoms with Crippen molar-refractivity contribution in [1.29, 1.82) is 0 Å². The molecule has 0 aromatic rings. The Labute approximate surface area is 137 Å². The van der Waals surface area contributed by atoms with Crippen LogP contribution in [0.2, 0.25) is 0 Å². The van der Waals surface area contributed by atoms with Crippen LogP contribution in [0.4, 0.5) is 4.39 Å². The quantitative estimate of drug-likeness (QED) is 0.354. The number of unbranched alkanes of at least 4 members (excludes halogenated alkanes) is 5. The van der Waals surface area contributed by atoms with E-state index in [0.717, 1.165) is 30.6 Å². The van der Waals surface area contributed by atoms with Gasteiger partial charge >= 0.3 is 29.6 Å². The average Bonchev–Trinajstić information content (AvgIpc) is 2.31. The molecule has 0 aliphatic carbocycles. The fourth-order valence-electron chi connectivity index (χ4n) is 1.74. The Balaban J connectivity index is 0. The molecule has 1 atom stereocenters. The third-order valence-corrected chi connectivity index (χ3v) is 2.82. The number of amides is 1. The summed E-state index contributed by atoms with van der Waals surface area (Å²) in [5, 5.41) is 10.3. The fourth-order valence-corrected chi connectivity index (χ4v) is 1.74. The smallest absolute Gasteiger partial charge is 0.548 e. The molecular weight excluding hydrogens is 260 g/mol. The maximum Gasteiger partial charge on any atom is 1.00 e. The van der Waals surface area contributed by atoms with Crippen molar-refractivity contribution in [3.05, 3.63) is 0 Å². The van der Waals surface area contributed by atoms with Gasteiger partial charge in [-0.05, 0) is 6.42 Å². The van der Waals surface area contributed by atoms with Crippen molar-refractivity contribution >= 4 is 11.9 Å². The van der Waals surface area contributed by atoms with Crippen molar-refractivity contribution in [2.24, 2.45) is 0 Å². The van der Waals surface area contributed by atoms with Crippen LogP contribution in [0.3, 0.4) is 0 Å². The first-order chi connectivity index (χ1) is 8.49. The number of halogens is 1. The number of alkyl halides is 1. The van der Waals surface area contributed by atoms with Crippen LogP contribution in [0.15, 0.2) is 0 Å². The number of nitrogens with zero attached hydrogens (tertiary/aromatic N) is 1. The minimum atomic E-state index is -1.60. The van der Waals surface area contributed by atoms with E-state index in [1.165, 1.54) is 13.5 Å². The third-order valence-electron chi connectivity index (χ3n) is 2.82. The Kier molecular flexibility index (Phi) is 14.4. The Morgan fingerprint density at radius 2 is 1.68 bits per heavy atom. The minimum Gasteiger partial charge on any atom is -0.548 e. The number of carbonyl (C=O) groups is 2. The number of carboxylic acids is 1. The van der Waals surface area contributed by atoms with E-state index < -0.39 is 24.6 Å². The normalized spacial score (nSPS) is 11.5. The molecule has 0 aromatic carbocycles. The van der Waals surface area contributed by atoms with Crippen LogP contribution in [0.1, 0.15) is 51.9 Å². The van der Waals surface area contributed by atoms with Gasteiger partial charge in [0.15, 0.2) is 6.17 Å². The number of hydrogen-bond acceptors (Lipinski definition) is 3. The molecule has 6 heteroatoms. The van der Waals surface area contributed by atoms with E-state index in [2.05, 4.69) is 6.92 Å². The van der Waals surface area contributed by atoms with Gasteiger partial charge in [-0.2, -0.15) is 0 Å². The third kappa shape index (κ3) is 11.4. The maximum absolute atomic E-state index is 13.5. The van der Waals surface area contributed by atoms with E-state index in [1.807, 2.05) is 0 Å². The molecule has 0 radical (unpaired) electrons. The maximum atomic E-state index is 13.5. The molecule has 0 spiro atoms. The van der Waals surface area contributed by atoms with E-state index in [9.17, 15) is 19.1 Å². The molecule has 0 heterocycles. The molecule has 1 amide bonds. The molecule has 0 fully saturated rings. The van der Waals surface area contributed by atoms with Crippen LogP contribution in [0, 0.1) is 0 Å². The molecule has 0 saturated carbocycles. The Morgan fingerprint density at radius 1 is 1.16 bits per heavy atom. The van der Waals surface area contributed by atoms with Gasteiger partial charge in [0, 0.05) is 7.05 Å². The number of rotatable bonds is 10. The molecule has 0 aliphatic rings. The van der Waals surface area contributed by atoms with Gasteiger partial charge in [0.2, 0.25) is 0 Å². The largest absolute Gasteiger partial charge is 1.00 e. The predicted molar refractivity (Wildman–Crippen MR) is 65.5 cm³/mol. The zero-order valence-corrected chi connectivity index (χ0v) is 14.3. The molecule has 19 heavy (non-hydrogen) atoms. The van der Waals surface area contributed by atoms with E-state index in [4.69, 9.17) is 0 Å². The molecule has 0 aromatic heterocycles. The summed E-state index contributed by atoms with van der Waals surface area (Å²) in [6, 6.07) is 0. The van der Waals surface area contributed by atoms with Crippen molar-refractivity contribution in [2.75, 3.05) is 13.6 Å². The molecular formula is C13H23FNNaO3. The van der Waals surface area contributed by atoms with Crippen molar-refractivity contribution < 1.29 is 48.6 Å². The molecule has 1 unspecified atom stereocenters. The standard InChI is InChI=1S/C13H24FNO3.Na/c1-3-4-5-6-7-8-9-11(14)13(18)15(2)10-12(16)17;/h11H,3-10H2,1-2H3,(H,16,17);/q;+1/p-1. The number of aliphatic carboxylic acids is 1. The monoisotopic (exact) mass is 283 g/mol. The molecule has 106 valence electrons. The second-order valence-corrected chi connectivity index (χ2v) is 4.59. The van der Waals surface area contributed by atoms with Gasteiger partial charge in [-0.15, -0.1) is 0 Å². The van der Waals surface area contributed by atoms with Gasteiger partial charge in [0.1, 0.15) is 0 Å². The summed E-state index contributed by atoms with van der Waals surface area (Å²) in [7, 11) is 1.27. The first kappa shape index (κ1) is 21.2. The molecule has 0 bridgehead atoms. The van der Waals surface area contributed by atoms with E-state index in [1.54, 1.807) is 0 Å². The number of carbonyl (C=O) groups excluding carboxylic acids is 2. The van der Waals surface area contributed by atoms with Gasteiger partial charge < -0.3 is 14.8 Å². The van der Waals surface area contributed by atoms with Gasteiger partial charge in [-0.1, -0.05) is 45.4 Å². The summed E-state index contributed by atoms with van der Waals surface area (Å²) >= 11 is 0. The molecule has 0 saturated heterocycles. The summed E-state index contributed by atoms with van der Waals surface area (Å²) in [6.45, 7) is 1.57. The summed E-state index contributed by atoms with van der Waals surface area (Å²) in [5.41, 5.74) is 0. The molecule has 4 nitrogen and oxygen atoms in total. The van der Waals surface area contributed by atoms with Gasteiger partial charge in [-0.3, -0.25) is 4.79 Å². The average molecular weight is 283 g/mol. The van der Waals surface area contributed by atoms with Crippen LogP contribution in [0.25, 0.3) is 0 Å². The van der Waals surface area contributed by atoms with E-state index in [0.29, 0.717) is 6.42 Å². The number of hydrogen-bond donors (Lipinski definition) is 0. The predicted octanol–water partition coefficient (Wildman–Crippen LogP) is -1.71. The molecule has 0 aliphatic heterocycles. The van der Waals surface area contributed by atoms with Crippen molar-refractivity contribution in [1.82, 2.24) is 4.90 Å². The Morgan fingerprint density at radius 3 is 2.21 bits per heavy atom. The molecule has 0 N–H and O–H groups in total. The van der Waals surface area contributed by atoms with Crippen LogP contribution < -0.4 is 34.7 Å². The second-order valence-electron chi connectivity index (χ2n) is 4.59. The summed E-state index contributed by atoms with van der Waals surface area (Å²) in [5.74, 6) is -2.15. The van der Waals surface area contributed by atoms with Crippen LogP contribution >= 0.6 is 0 Å². The summed E-state index contributed by atoms with van der Waals surface area (Å²) < 4.78 is 13.5. The summed E-state index contributed by atoms with van der Waals surface area (Å²) in [4.78, 5) is 22.5. The second kappa shape index (κ2) is 12.9. The SMILES string of the molecule is CCCCCCCCC(F)C(=O)N(C)CC(=O)[O-].[Na+]. The zero-order valence-electron chi connectivity index (χ0n) is 12.3. The van der Waals surface area contributed by atoms with Crippen molar-refractivity contribution in [2.45, 2.75) is 58.0 Å². The first-order valence-corrected chi connectivity index (χ1v) is 6.58. The number of likely N-dealkylation sites (N-methyl/N-ethyl adjacent to an activating group) is 1. The van der Waals surface area contributed by atoms with E-state index >= 15 is 0 Å². The van der Waals surface area contributed by atoms with E-state index in [-0.39, 0.29) is 36.0 Å². The van der Waals surface area contributed by atoms with Gasteiger partial charge in [0.25, 0.3) is 5.91 Å². The van der Waals surface area contributed by atoms with Crippen molar-refractivity contribution in [3.63, 3.8) is 0 Å². The number of carboxylic acid groups (broad SMARTS) is 1. The van der Waals surface area contributed by atoms with Crippen molar-refractivity contribution in [3.8, 4) is 0 Å². The van der Waals surface area contributed by atoms with Gasteiger partial charge in [0.05, 0.1) is 12.5 Å². The van der Waals surface area contributed by atoms with Gasteiger partial charge in [-0.25, -0.2) is 4.39 Å². The van der Waals surface area contributed by atoms with Crippen LogP contribution in [-0.4, -0.2) is 36.5 Å². The van der Waals surface area contributed by atoms with Crippen LogP contribution in [0.5, 0.6) is 0 Å². The first-order valence-electron chi connectivity index (χ1n) is 6.58. The van der Waals surface area contributed by atoms with Crippen LogP contribution in [-0.2, 0) is 9.59 Å². The minimum absolute atomic E-state index is 0. The molecule has 0 rings (SSSR count). The topological polar surface area (TPSA) is 60.4 Å². The summed E-state index contributed by atoms with van der Waals surface area (Å²) in [6.07, 6.45) is 4.71. The Bertz CT molecular complexity index is 264.